The molecular weight excluding hydrogens is 420 g/mol. The molecule has 28 heavy (non-hydrogen) atoms. The van der Waals surface area contributed by atoms with Crippen LogP contribution in [-0.2, 0) is 11.3 Å². The molecule has 1 saturated heterocycles. The van der Waals surface area contributed by atoms with Gasteiger partial charge >= 0.3 is 0 Å². The topological polar surface area (TPSA) is 71.3 Å². The number of anilines is 1. The number of amides is 1. The second kappa shape index (κ2) is 7.91. The van der Waals surface area contributed by atoms with Gasteiger partial charge in [0.05, 0.1) is 5.39 Å². The summed E-state index contributed by atoms with van der Waals surface area (Å²) in [5, 5.41) is 4.06. The van der Waals surface area contributed by atoms with Gasteiger partial charge in [0.1, 0.15) is 17.9 Å². The highest BCUT2D eigenvalue weighted by molar-refractivity contribution is 9.10. The Hall–Kier alpha value is -2.41. The lowest BCUT2D eigenvalue weighted by atomic mass is 9.95. The number of benzene rings is 1. The predicted molar refractivity (Wildman–Crippen MR) is 112 cm³/mol. The molecule has 146 valence electrons. The van der Waals surface area contributed by atoms with Crippen LogP contribution in [0, 0.1) is 19.8 Å². The molecule has 2 aromatic heterocycles. The Kier molecular flexibility index (Phi) is 5.35. The number of carbonyl (C=O) groups excluding carboxylic acids is 1. The fourth-order valence-electron chi connectivity index (χ4n) is 3.74. The highest BCUT2D eigenvalue weighted by Crippen LogP contribution is 2.32. The molecule has 4 rings (SSSR count). The Labute approximate surface area is 172 Å². The van der Waals surface area contributed by atoms with E-state index in [0.717, 1.165) is 58.5 Å². The first-order valence-corrected chi connectivity index (χ1v) is 10.3. The molecule has 1 N–H and O–H groups in total. The van der Waals surface area contributed by atoms with Gasteiger partial charge in [0.25, 0.3) is 0 Å². The van der Waals surface area contributed by atoms with Crippen molar-refractivity contribution in [3.05, 3.63) is 52.0 Å². The molecule has 0 radical (unpaired) electrons. The first kappa shape index (κ1) is 18.9. The minimum atomic E-state index is 0.0351. The van der Waals surface area contributed by atoms with E-state index in [-0.39, 0.29) is 11.8 Å². The van der Waals surface area contributed by atoms with Crippen molar-refractivity contribution < 1.29 is 9.21 Å². The van der Waals surface area contributed by atoms with Crippen LogP contribution in [0.25, 0.3) is 11.1 Å². The normalized spacial score (nSPS) is 15.2. The third-order valence-corrected chi connectivity index (χ3v) is 5.96. The smallest absolute Gasteiger partial charge is 0.231 e. The largest absolute Gasteiger partial charge is 0.443 e. The maximum absolute atomic E-state index is 12.6. The summed E-state index contributed by atoms with van der Waals surface area (Å²) >= 11 is 3.46. The van der Waals surface area contributed by atoms with E-state index in [2.05, 4.69) is 36.1 Å². The van der Waals surface area contributed by atoms with Gasteiger partial charge in [-0.1, -0.05) is 28.1 Å². The number of hydrogen-bond donors (Lipinski definition) is 1. The van der Waals surface area contributed by atoms with Gasteiger partial charge in [-0.15, -0.1) is 0 Å². The minimum Gasteiger partial charge on any atom is -0.443 e. The number of rotatable bonds is 4. The summed E-state index contributed by atoms with van der Waals surface area (Å²) in [6, 6.07) is 8.00. The van der Waals surface area contributed by atoms with E-state index in [4.69, 9.17) is 4.42 Å². The van der Waals surface area contributed by atoms with Crippen LogP contribution in [0.15, 0.2) is 39.5 Å². The molecule has 1 aliphatic heterocycles. The van der Waals surface area contributed by atoms with Gasteiger partial charge in [-0.25, -0.2) is 9.97 Å². The van der Waals surface area contributed by atoms with E-state index in [9.17, 15) is 4.79 Å². The third kappa shape index (κ3) is 3.76. The van der Waals surface area contributed by atoms with Gasteiger partial charge in [0.15, 0.2) is 0 Å². The molecule has 0 saturated carbocycles. The number of hydrogen-bond acceptors (Lipinski definition) is 5. The molecule has 1 fully saturated rings. The van der Waals surface area contributed by atoms with Gasteiger partial charge in [-0.2, -0.15) is 0 Å². The summed E-state index contributed by atoms with van der Waals surface area (Å²) in [5.74, 6) is 1.95. The van der Waals surface area contributed by atoms with Crippen molar-refractivity contribution >= 4 is 38.8 Å². The summed E-state index contributed by atoms with van der Waals surface area (Å²) in [6.07, 6.45) is 3.17. The average Bonchev–Trinajstić information content (AvgIpc) is 3.00. The number of carbonyl (C=O) groups is 1. The number of piperidine rings is 1. The zero-order valence-electron chi connectivity index (χ0n) is 16.0. The van der Waals surface area contributed by atoms with Crippen LogP contribution >= 0.6 is 15.9 Å². The highest BCUT2D eigenvalue weighted by atomic mass is 79.9. The van der Waals surface area contributed by atoms with Gasteiger partial charge in [0, 0.05) is 35.6 Å². The Bertz CT molecular complexity index is 1010. The molecule has 1 amide bonds. The molecule has 1 aliphatic rings. The number of aromatic nitrogens is 2. The lowest BCUT2D eigenvalue weighted by Crippen LogP contribution is -2.40. The van der Waals surface area contributed by atoms with E-state index in [0.29, 0.717) is 12.3 Å². The van der Waals surface area contributed by atoms with Crippen molar-refractivity contribution in [3.8, 4) is 0 Å². The fraction of sp³-hybridized carbons (Fsp3) is 0.381. The molecule has 0 aliphatic carbocycles. The van der Waals surface area contributed by atoms with Gasteiger partial charge in [-0.05, 0) is 44.4 Å². The molecule has 0 atom stereocenters. The van der Waals surface area contributed by atoms with Crippen LogP contribution in [0.4, 0.5) is 5.82 Å². The Balaban J connectivity index is 1.39. The van der Waals surface area contributed by atoms with Gasteiger partial charge < -0.3 is 14.6 Å². The summed E-state index contributed by atoms with van der Waals surface area (Å²) < 4.78 is 6.75. The summed E-state index contributed by atoms with van der Waals surface area (Å²) in [4.78, 5) is 23.6. The van der Waals surface area contributed by atoms with Crippen molar-refractivity contribution in [2.24, 2.45) is 5.92 Å². The molecular formula is C21H23BrN4O2. The van der Waals surface area contributed by atoms with E-state index in [1.54, 1.807) is 6.33 Å². The Morgan fingerprint density at radius 2 is 2.07 bits per heavy atom. The summed E-state index contributed by atoms with van der Waals surface area (Å²) in [7, 11) is 0. The second-order valence-corrected chi connectivity index (χ2v) is 8.19. The van der Waals surface area contributed by atoms with E-state index < -0.39 is 0 Å². The molecule has 0 bridgehead atoms. The van der Waals surface area contributed by atoms with Crippen molar-refractivity contribution in [3.63, 3.8) is 0 Å². The quantitative estimate of drug-likeness (QED) is 0.657. The Morgan fingerprint density at radius 1 is 1.29 bits per heavy atom. The second-order valence-electron chi connectivity index (χ2n) is 7.27. The highest BCUT2D eigenvalue weighted by Gasteiger charge is 2.27. The van der Waals surface area contributed by atoms with Crippen LogP contribution < -0.4 is 10.2 Å². The number of nitrogens with zero attached hydrogens (tertiary/aromatic N) is 3. The lowest BCUT2D eigenvalue weighted by molar-refractivity contribution is -0.125. The number of fused-ring (bicyclic) bond motifs is 1. The number of furan rings is 1. The van der Waals surface area contributed by atoms with Crippen molar-refractivity contribution in [2.45, 2.75) is 33.2 Å². The first-order chi connectivity index (χ1) is 13.5. The van der Waals surface area contributed by atoms with Crippen LogP contribution in [0.5, 0.6) is 0 Å². The number of halogens is 1. The zero-order chi connectivity index (χ0) is 19.7. The molecule has 1 aromatic carbocycles. The third-order valence-electron chi connectivity index (χ3n) is 5.47. The SMILES string of the molecule is Cc1oc2ncnc(N3CCC(C(=O)NCc4cccc(Br)c4)CC3)c2c1C. The number of aryl methyl sites for hydroxylation is 2. The van der Waals surface area contributed by atoms with Gasteiger partial charge in [-0.3, -0.25) is 4.79 Å². The molecule has 3 aromatic rings. The van der Waals surface area contributed by atoms with Crippen molar-refractivity contribution in [1.82, 2.24) is 15.3 Å². The van der Waals surface area contributed by atoms with Crippen LogP contribution in [0.1, 0.15) is 29.7 Å². The molecule has 0 unspecified atom stereocenters. The first-order valence-electron chi connectivity index (χ1n) is 9.50. The number of nitrogens with one attached hydrogen (secondary N) is 1. The van der Waals surface area contributed by atoms with Gasteiger partial charge in [0.2, 0.25) is 11.6 Å². The zero-order valence-corrected chi connectivity index (χ0v) is 17.6. The monoisotopic (exact) mass is 442 g/mol. The lowest BCUT2D eigenvalue weighted by Gasteiger charge is -2.32. The molecule has 3 heterocycles. The predicted octanol–water partition coefficient (Wildman–Crippen LogP) is 4.13. The molecule has 0 spiro atoms. The van der Waals surface area contributed by atoms with Crippen molar-refractivity contribution in [2.75, 3.05) is 18.0 Å². The fourth-order valence-corrected chi connectivity index (χ4v) is 4.18. The van der Waals surface area contributed by atoms with Crippen LogP contribution in [0.2, 0.25) is 0 Å². The summed E-state index contributed by atoms with van der Waals surface area (Å²) in [6.45, 7) is 6.13. The van der Waals surface area contributed by atoms with E-state index >= 15 is 0 Å². The van der Waals surface area contributed by atoms with Crippen LogP contribution in [0.3, 0.4) is 0 Å². The van der Waals surface area contributed by atoms with E-state index in [1.165, 1.54) is 0 Å². The Morgan fingerprint density at radius 3 is 2.82 bits per heavy atom. The van der Waals surface area contributed by atoms with E-state index in [1.807, 2.05) is 38.1 Å². The molecule has 7 heteroatoms. The minimum absolute atomic E-state index is 0.0351. The van der Waals surface area contributed by atoms with Crippen molar-refractivity contribution in [1.29, 1.82) is 0 Å². The van der Waals surface area contributed by atoms with Crippen LogP contribution in [-0.4, -0.2) is 29.0 Å². The summed E-state index contributed by atoms with van der Waals surface area (Å²) in [5.41, 5.74) is 2.81. The maximum Gasteiger partial charge on any atom is 0.231 e. The standard InChI is InChI=1S/C21H23BrN4O2/c1-13-14(2)28-21-18(13)19(24-12-25-21)26-8-6-16(7-9-26)20(27)23-11-15-4-3-5-17(22)10-15/h3-5,10,12,16H,6-9,11H2,1-2H3,(H,23,27). The molecule has 6 nitrogen and oxygen atoms in total. The average molecular weight is 443 g/mol. The maximum atomic E-state index is 12.6.